The number of amides is 1. The second-order valence-corrected chi connectivity index (χ2v) is 6.57. The van der Waals surface area contributed by atoms with E-state index in [1.54, 1.807) is 0 Å². The van der Waals surface area contributed by atoms with Crippen LogP contribution in [0, 0.1) is 23.7 Å². The van der Waals surface area contributed by atoms with Gasteiger partial charge in [-0.2, -0.15) is 0 Å². The van der Waals surface area contributed by atoms with Gasteiger partial charge in [0.15, 0.2) is 0 Å². The van der Waals surface area contributed by atoms with Crippen molar-refractivity contribution < 1.29 is 4.79 Å². The van der Waals surface area contributed by atoms with Gasteiger partial charge in [0.25, 0.3) is 0 Å². The van der Waals surface area contributed by atoms with Crippen molar-refractivity contribution in [2.75, 3.05) is 19.6 Å². The number of hydrogen-bond donors (Lipinski definition) is 1. The van der Waals surface area contributed by atoms with E-state index < -0.39 is 0 Å². The Labute approximate surface area is 112 Å². The first-order valence-electron chi connectivity index (χ1n) is 7.41. The van der Waals surface area contributed by atoms with Crippen molar-refractivity contribution in [3.05, 3.63) is 0 Å². The van der Waals surface area contributed by atoms with Crippen LogP contribution in [-0.2, 0) is 4.79 Å². The van der Waals surface area contributed by atoms with E-state index in [1.807, 2.05) is 4.90 Å². The first-order chi connectivity index (χ1) is 8.43. The predicted octanol–water partition coefficient (Wildman–Crippen LogP) is 2.50. The summed E-state index contributed by atoms with van der Waals surface area (Å²) in [7, 11) is 0. The molecule has 3 heteroatoms. The minimum Gasteiger partial charge on any atom is -0.342 e. The molecule has 1 aliphatic heterocycles. The number of rotatable bonds is 6. The minimum atomic E-state index is 0.314. The summed E-state index contributed by atoms with van der Waals surface area (Å²) >= 11 is 0. The molecule has 1 fully saturated rings. The maximum atomic E-state index is 12.2. The lowest BCUT2D eigenvalue weighted by Crippen LogP contribution is -2.32. The molecule has 0 aromatic carbocycles. The molecule has 0 aromatic heterocycles. The fourth-order valence-corrected chi connectivity index (χ4v) is 2.86. The topological polar surface area (TPSA) is 46.3 Å². The molecule has 1 rings (SSSR count). The predicted molar refractivity (Wildman–Crippen MR) is 76.1 cm³/mol. The van der Waals surface area contributed by atoms with Crippen molar-refractivity contribution in [2.45, 2.75) is 47.0 Å². The van der Waals surface area contributed by atoms with Gasteiger partial charge in [0.2, 0.25) is 5.91 Å². The summed E-state index contributed by atoms with van der Waals surface area (Å²) in [6.45, 7) is 11.4. The van der Waals surface area contributed by atoms with Crippen molar-refractivity contribution in [1.82, 2.24) is 4.90 Å². The summed E-state index contributed by atoms with van der Waals surface area (Å²) in [4.78, 5) is 14.3. The lowest BCUT2D eigenvalue weighted by Gasteiger charge is -2.22. The Morgan fingerprint density at radius 3 is 2.44 bits per heavy atom. The highest BCUT2D eigenvalue weighted by Gasteiger charge is 2.28. The number of likely N-dealkylation sites (tertiary alicyclic amines) is 1. The maximum absolute atomic E-state index is 12.2. The first kappa shape index (κ1) is 15.5. The summed E-state index contributed by atoms with van der Waals surface area (Å²) < 4.78 is 0. The van der Waals surface area contributed by atoms with Gasteiger partial charge in [0.05, 0.1) is 0 Å². The lowest BCUT2D eigenvalue weighted by atomic mass is 9.93. The number of nitrogens with zero attached hydrogens (tertiary/aromatic N) is 1. The van der Waals surface area contributed by atoms with Gasteiger partial charge >= 0.3 is 0 Å². The molecule has 3 nitrogen and oxygen atoms in total. The molecular weight excluding hydrogens is 224 g/mol. The molecule has 1 aliphatic rings. The van der Waals surface area contributed by atoms with Gasteiger partial charge in [-0.15, -0.1) is 0 Å². The standard InChI is InChI=1S/C15H30N2O/c1-11(2)7-13(9-16)8-15(18)17-6-5-14(10-17)12(3)4/h11-14H,5-10,16H2,1-4H3/t13-,14?/m0/s1. The van der Waals surface area contributed by atoms with Crippen molar-refractivity contribution in [3.8, 4) is 0 Å². The zero-order chi connectivity index (χ0) is 13.7. The van der Waals surface area contributed by atoms with E-state index >= 15 is 0 Å². The van der Waals surface area contributed by atoms with E-state index in [-0.39, 0.29) is 0 Å². The van der Waals surface area contributed by atoms with Crippen LogP contribution in [0.5, 0.6) is 0 Å². The van der Waals surface area contributed by atoms with Crippen LogP contribution in [0.3, 0.4) is 0 Å². The smallest absolute Gasteiger partial charge is 0.222 e. The average Bonchev–Trinajstić information content (AvgIpc) is 2.76. The van der Waals surface area contributed by atoms with E-state index in [0.29, 0.717) is 42.5 Å². The highest BCUT2D eigenvalue weighted by atomic mass is 16.2. The van der Waals surface area contributed by atoms with Crippen LogP contribution in [0.2, 0.25) is 0 Å². The lowest BCUT2D eigenvalue weighted by molar-refractivity contribution is -0.131. The highest BCUT2D eigenvalue weighted by molar-refractivity contribution is 5.76. The second-order valence-electron chi connectivity index (χ2n) is 6.57. The third kappa shape index (κ3) is 4.60. The molecule has 18 heavy (non-hydrogen) atoms. The normalized spacial score (nSPS) is 21.9. The van der Waals surface area contributed by atoms with E-state index in [9.17, 15) is 4.79 Å². The maximum Gasteiger partial charge on any atom is 0.222 e. The molecule has 0 saturated carbocycles. The van der Waals surface area contributed by atoms with Crippen molar-refractivity contribution in [3.63, 3.8) is 0 Å². The van der Waals surface area contributed by atoms with Crippen LogP contribution in [-0.4, -0.2) is 30.4 Å². The van der Waals surface area contributed by atoms with Gasteiger partial charge in [-0.1, -0.05) is 27.7 Å². The molecule has 0 bridgehead atoms. The Morgan fingerprint density at radius 2 is 2.00 bits per heavy atom. The fraction of sp³-hybridized carbons (Fsp3) is 0.933. The van der Waals surface area contributed by atoms with Gasteiger partial charge in [-0.05, 0) is 43.1 Å². The Balaban J connectivity index is 2.41. The fourth-order valence-electron chi connectivity index (χ4n) is 2.86. The van der Waals surface area contributed by atoms with Gasteiger partial charge < -0.3 is 10.6 Å². The molecular formula is C15H30N2O. The molecule has 1 unspecified atom stereocenters. The largest absolute Gasteiger partial charge is 0.342 e. The minimum absolute atomic E-state index is 0.314. The summed E-state index contributed by atoms with van der Waals surface area (Å²) in [6.07, 6.45) is 2.87. The summed E-state index contributed by atoms with van der Waals surface area (Å²) in [5, 5.41) is 0. The van der Waals surface area contributed by atoms with E-state index in [1.165, 1.54) is 6.42 Å². The SMILES string of the molecule is CC(C)C[C@H](CN)CC(=O)N1CCC(C(C)C)C1. The molecule has 1 heterocycles. The van der Waals surface area contributed by atoms with Crippen LogP contribution in [0.1, 0.15) is 47.0 Å². The molecule has 0 spiro atoms. The molecule has 0 radical (unpaired) electrons. The summed E-state index contributed by atoms with van der Waals surface area (Å²) in [5.41, 5.74) is 5.77. The average molecular weight is 254 g/mol. The Hall–Kier alpha value is -0.570. The summed E-state index contributed by atoms with van der Waals surface area (Å²) in [6, 6.07) is 0. The van der Waals surface area contributed by atoms with Gasteiger partial charge in [-0.25, -0.2) is 0 Å². The van der Waals surface area contributed by atoms with Crippen molar-refractivity contribution >= 4 is 5.91 Å². The van der Waals surface area contributed by atoms with Gasteiger partial charge in [0, 0.05) is 19.5 Å². The van der Waals surface area contributed by atoms with Crippen LogP contribution in [0.15, 0.2) is 0 Å². The quantitative estimate of drug-likeness (QED) is 0.791. The number of carbonyl (C=O) groups excluding carboxylic acids is 1. The molecule has 2 atom stereocenters. The first-order valence-corrected chi connectivity index (χ1v) is 7.41. The number of hydrogen-bond acceptors (Lipinski definition) is 2. The second kappa shape index (κ2) is 7.13. The Bertz CT molecular complexity index is 263. The van der Waals surface area contributed by atoms with Crippen LogP contribution >= 0.6 is 0 Å². The number of nitrogens with two attached hydrogens (primary N) is 1. The molecule has 1 saturated heterocycles. The molecule has 0 aliphatic carbocycles. The molecule has 106 valence electrons. The van der Waals surface area contributed by atoms with Crippen LogP contribution in [0.25, 0.3) is 0 Å². The van der Waals surface area contributed by atoms with Gasteiger partial charge in [-0.3, -0.25) is 4.79 Å². The van der Waals surface area contributed by atoms with E-state index in [2.05, 4.69) is 27.7 Å². The van der Waals surface area contributed by atoms with Crippen molar-refractivity contribution in [2.24, 2.45) is 29.4 Å². The molecule has 2 N–H and O–H groups in total. The van der Waals surface area contributed by atoms with E-state index in [4.69, 9.17) is 5.73 Å². The Morgan fingerprint density at radius 1 is 1.33 bits per heavy atom. The van der Waals surface area contributed by atoms with Crippen LogP contribution in [0.4, 0.5) is 0 Å². The van der Waals surface area contributed by atoms with E-state index in [0.717, 1.165) is 19.5 Å². The summed E-state index contributed by atoms with van der Waals surface area (Å²) in [5.74, 6) is 2.66. The zero-order valence-electron chi connectivity index (χ0n) is 12.5. The molecule has 0 aromatic rings. The third-order valence-corrected chi connectivity index (χ3v) is 4.12. The number of carbonyl (C=O) groups is 1. The molecule has 1 amide bonds. The zero-order valence-corrected chi connectivity index (χ0v) is 12.5. The van der Waals surface area contributed by atoms with Crippen molar-refractivity contribution in [1.29, 1.82) is 0 Å². The monoisotopic (exact) mass is 254 g/mol. The Kier molecular flexibility index (Phi) is 6.13. The van der Waals surface area contributed by atoms with Crippen LogP contribution < -0.4 is 5.73 Å². The third-order valence-electron chi connectivity index (χ3n) is 4.12. The van der Waals surface area contributed by atoms with Gasteiger partial charge in [0.1, 0.15) is 0 Å². The highest BCUT2D eigenvalue weighted by Crippen LogP contribution is 2.25.